The van der Waals surface area contributed by atoms with Crippen LogP contribution < -0.4 is 11.1 Å². The lowest BCUT2D eigenvalue weighted by molar-refractivity contribution is 0.153. The Labute approximate surface area is 101 Å². The first-order chi connectivity index (χ1) is 8.10. The number of nitrogen functional groups attached to an aromatic ring is 1. The maximum atomic E-state index is 9.20. The maximum absolute atomic E-state index is 9.20. The van der Waals surface area contributed by atoms with Crippen molar-refractivity contribution in [3.8, 4) is 0 Å². The van der Waals surface area contributed by atoms with Gasteiger partial charge in [-0.15, -0.1) is 0 Å². The molecule has 6 nitrogen and oxygen atoms in total. The smallest absolute Gasteiger partial charge is 0.135 e. The summed E-state index contributed by atoms with van der Waals surface area (Å²) in [6.07, 6.45) is 1.41. The molecule has 0 fully saturated rings. The Balaban J connectivity index is 2.93. The molecule has 17 heavy (non-hydrogen) atoms. The van der Waals surface area contributed by atoms with Gasteiger partial charge in [0, 0.05) is 12.7 Å². The van der Waals surface area contributed by atoms with E-state index in [4.69, 9.17) is 10.5 Å². The van der Waals surface area contributed by atoms with E-state index in [-0.39, 0.29) is 18.6 Å². The number of hydrogen-bond acceptors (Lipinski definition) is 6. The van der Waals surface area contributed by atoms with E-state index >= 15 is 0 Å². The number of methoxy groups -OCH3 is 1. The fraction of sp³-hybridized carbons (Fsp3) is 0.636. The van der Waals surface area contributed by atoms with Crippen molar-refractivity contribution >= 4 is 11.6 Å². The van der Waals surface area contributed by atoms with Crippen LogP contribution in [0.3, 0.4) is 0 Å². The molecule has 6 heteroatoms. The summed E-state index contributed by atoms with van der Waals surface area (Å²) in [4.78, 5) is 8.13. The van der Waals surface area contributed by atoms with Crippen LogP contribution in [0.15, 0.2) is 6.33 Å². The minimum absolute atomic E-state index is 0.0325. The Hall–Kier alpha value is -1.40. The van der Waals surface area contributed by atoms with Crippen molar-refractivity contribution in [3.63, 3.8) is 0 Å². The van der Waals surface area contributed by atoms with E-state index in [1.54, 1.807) is 7.11 Å². The second-order valence-electron chi connectivity index (χ2n) is 4.16. The average molecular weight is 240 g/mol. The van der Waals surface area contributed by atoms with Crippen LogP contribution in [-0.2, 0) is 4.74 Å². The van der Waals surface area contributed by atoms with E-state index in [9.17, 15) is 5.11 Å². The number of aliphatic hydroxyl groups excluding tert-OH is 1. The summed E-state index contributed by atoms with van der Waals surface area (Å²) in [6.45, 7) is 4.40. The third-order valence-corrected chi connectivity index (χ3v) is 2.42. The Morgan fingerprint density at radius 1 is 1.47 bits per heavy atom. The Morgan fingerprint density at radius 2 is 2.18 bits per heavy atom. The molecule has 0 amide bonds. The second kappa shape index (κ2) is 6.36. The van der Waals surface area contributed by atoms with Gasteiger partial charge in [-0.05, 0) is 5.92 Å². The highest BCUT2D eigenvalue weighted by Crippen LogP contribution is 2.26. The second-order valence-corrected chi connectivity index (χ2v) is 4.16. The third kappa shape index (κ3) is 3.54. The number of aliphatic hydroxyl groups is 1. The van der Waals surface area contributed by atoms with Gasteiger partial charge in [-0.25, -0.2) is 9.97 Å². The number of hydrogen-bond donors (Lipinski definition) is 3. The first-order valence-electron chi connectivity index (χ1n) is 5.56. The number of anilines is 2. The van der Waals surface area contributed by atoms with E-state index in [0.29, 0.717) is 18.2 Å². The topological polar surface area (TPSA) is 93.3 Å². The van der Waals surface area contributed by atoms with Gasteiger partial charge >= 0.3 is 0 Å². The SMILES string of the molecule is COCC(CO)Nc1ncnc(N)c1C(C)C. The molecule has 0 saturated carbocycles. The van der Waals surface area contributed by atoms with Gasteiger partial charge < -0.3 is 20.9 Å². The molecular weight excluding hydrogens is 220 g/mol. The predicted octanol–water partition coefficient (Wildman–Crippen LogP) is 0.601. The minimum Gasteiger partial charge on any atom is -0.394 e. The Morgan fingerprint density at radius 3 is 2.71 bits per heavy atom. The van der Waals surface area contributed by atoms with E-state index in [0.717, 1.165) is 5.56 Å². The fourth-order valence-electron chi connectivity index (χ4n) is 1.63. The predicted molar refractivity (Wildman–Crippen MR) is 66.9 cm³/mol. The van der Waals surface area contributed by atoms with Gasteiger partial charge in [0.25, 0.3) is 0 Å². The first-order valence-corrected chi connectivity index (χ1v) is 5.56. The van der Waals surface area contributed by atoms with Crippen LogP contribution in [0, 0.1) is 0 Å². The molecule has 1 aromatic heterocycles. The molecule has 0 radical (unpaired) electrons. The van der Waals surface area contributed by atoms with Crippen molar-refractivity contribution in [1.29, 1.82) is 0 Å². The van der Waals surface area contributed by atoms with E-state index < -0.39 is 0 Å². The summed E-state index contributed by atoms with van der Waals surface area (Å²) < 4.78 is 5.00. The number of ether oxygens (including phenoxy) is 1. The molecule has 0 spiro atoms. The van der Waals surface area contributed by atoms with Crippen LogP contribution >= 0.6 is 0 Å². The number of nitrogens with two attached hydrogens (primary N) is 1. The first kappa shape index (κ1) is 13.7. The van der Waals surface area contributed by atoms with Crippen LogP contribution in [0.1, 0.15) is 25.3 Å². The van der Waals surface area contributed by atoms with Crippen LogP contribution in [0.4, 0.5) is 11.6 Å². The standard InChI is InChI=1S/C11H20N4O2/c1-7(2)9-10(12)13-6-14-11(9)15-8(4-16)5-17-3/h6-8,16H,4-5H2,1-3H3,(H3,12,13,14,15). The number of nitrogens with one attached hydrogen (secondary N) is 1. The normalized spacial score (nSPS) is 12.8. The molecule has 0 aliphatic rings. The molecule has 0 aliphatic heterocycles. The lowest BCUT2D eigenvalue weighted by atomic mass is 10.0. The van der Waals surface area contributed by atoms with Gasteiger partial charge in [0.15, 0.2) is 0 Å². The molecule has 4 N–H and O–H groups in total. The third-order valence-electron chi connectivity index (χ3n) is 2.42. The molecule has 1 heterocycles. The van der Waals surface area contributed by atoms with Crippen molar-refractivity contribution < 1.29 is 9.84 Å². The zero-order valence-corrected chi connectivity index (χ0v) is 10.5. The molecule has 0 aromatic carbocycles. The van der Waals surface area contributed by atoms with Gasteiger partial charge in [-0.2, -0.15) is 0 Å². The van der Waals surface area contributed by atoms with Gasteiger partial charge in [0.2, 0.25) is 0 Å². The van der Waals surface area contributed by atoms with Gasteiger partial charge in [0.1, 0.15) is 18.0 Å². The van der Waals surface area contributed by atoms with Gasteiger partial charge in [-0.3, -0.25) is 0 Å². The average Bonchev–Trinajstić information content (AvgIpc) is 2.28. The van der Waals surface area contributed by atoms with Gasteiger partial charge in [-0.1, -0.05) is 13.8 Å². The van der Waals surface area contributed by atoms with Crippen LogP contribution in [0.25, 0.3) is 0 Å². The summed E-state index contributed by atoms with van der Waals surface area (Å²) in [5.41, 5.74) is 6.69. The van der Waals surface area contributed by atoms with E-state index in [1.807, 2.05) is 13.8 Å². The fourth-order valence-corrected chi connectivity index (χ4v) is 1.63. The summed E-state index contributed by atoms with van der Waals surface area (Å²) in [7, 11) is 1.59. The molecule has 1 aromatic rings. The van der Waals surface area contributed by atoms with Crippen molar-refractivity contribution in [3.05, 3.63) is 11.9 Å². The Kier molecular flexibility index (Phi) is 5.11. The monoisotopic (exact) mass is 240 g/mol. The van der Waals surface area contributed by atoms with E-state index in [1.165, 1.54) is 6.33 Å². The lowest BCUT2D eigenvalue weighted by Crippen LogP contribution is -2.30. The summed E-state index contributed by atoms with van der Waals surface area (Å²) in [5.74, 6) is 1.33. The van der Waals surface area contributed by atoms with E-state index in [2.05, 4.69) is 15.3 Å². The van der Waals surface area contributed by atoms with Crippen molar-refractivity contribution in [2.75, 3.05) is 31.4 Å². The highest BCUT2D eigenvalue weighted by molar-refractivity contribution is 5.57. The van der Waals surface area contributed by atoms with Crippen molar-refractivity contribution in [1.82, 2.24) is 9.97 Å². The van der Waals surface area contributed by atoms with Crippen molar-refractivity contribution in [2.45, 2.75) is 25.8 Å². The highest BCUT2D eigenvalue weighted by Gasteiger charge is 2.16. The highest BCUT2D eigenvalue weighted by atomic mass is 16.5. The summed E-state index contributed by atoms with van der Waals surface area (Å²) >= 11 is 0. The minimum atomic E-state index is -0.202. The summed E-state index contributed by atoms with van der Waals surface area (Å²) in [5, 5.41) is 12.3. The molecule has 1 atom stereocenters. The zero-order valence-electron chi connectivity index (χ0n) is 10.5. The molecule has 1 unspecified atom stereocenters. The number of aromatic nitrogens is 2. The van der Waals surface area contributed by atoms with Gasteiger partial charge in [0.05, 0.1) is 19.3 Å². The lowest BCUT2D eigenvalue weighted by Gasteiger charge is -2.20. The molecule has 0 saturated heterocycles. The van der Waals surface area contributed by atoms with Crippen molar-refractivity contribution in [2.24, 2.45) is 0 Å². The number of nitrogens with zero attached hydrogens (tertiary/aromatic N) is 2. The zero-order chi connectivity index (χ0) is 12.8. The largest absolute Gasteiger partial charge is 0.394 e. The van der Waals surface area contributed by atoms with Crippen LogP contribution in [-0.4, -0.2) is 41.4 Å². The summed E-state index contributed by atoms with van der Waals surface area (Å²) in [6, 6.07) is -0.202. The Bertz CT molecular complexity index is 357. The quantitative estimate of drug-likeness (QED) is 0.674. The molecule has 0 aliphatic carbocycles. The molecule has 0 bridgehead atoms. The number of rotatable bonds is 6. The van der Waals surface area contributed by atoms with Crippen LogP contribution in [0.5, 0.6) is 0 Å². The molecule has 1 rings (SSSR count). The molecule has 96 valence electrons. The maximum Gasteiger partial charge on any atom is 0.135 e. The van der Waals surface area contributed by atoms with Crippen LogP contribution in [0.2, 0.25) is 0 Å². The molecular formula is C11H20N4O2.